The molecular formula is C9H11ClO2. The molecular weight excluding hydrogens is 176 g/mol. The summed E-state index contributed by atoms with van der Waals surface area (Å²) in [6.45, 7) is 2.20. The predicted octanol–water partition coefficient (Wildman–Crippen LogP) is 2.63. The van der Waals surface area contributed by atoms with Crippen LogP contribution < -0.4 is 4.74 Å². The summed E-state index contributed by atoms with van der Waals surface area (Å²) >= 11 is 5.88. The average molecular weight is 187 g/mol. The first-order valence-electron chi connectivity index (χ1n) is 3.62. The van der Waals surface area contributed by atoms with E-state index < -0.39 is 0 Å². The number of hydrogen-bond donors (Lipinski definition) is 0. The largest absolute Gasteiger partial charge is 0.466 e. The second-order valence-corrected chi connectivity index (χ2v) is 2.89. The Morgan fingerprint density at radius 2 is 2.17 bits per heavy atom. The van der Waals surface area contributed by atoms with Crippen LogP contribution in [-0.2, 0) is 4.74 Å². The summed E-state index contributed by atoms with van der Waals surface area (Å²) in [4.78, 5) is 0. The maximum absolute atomic E-state index is 5.88. The van der Waals surface area contributed by atoms with Crippen molar-refractivity contribution in [2.45, 2.75) is 6.92 Å². The van der Waals surface area contributed by atoms with E-state index in [1.165, 1.54) is 0 Å². The van der Waals surface area contributed by atoms with Gasteiger partial charge in [-0.3, -0.25) is 0 Å². The Bertz CT molecular complexity index is 261. The molecule has 0 aromatic heterocycles. The van der Waals surface area contributed by atoms with Crippen molar-refractivity contribution in [2.75, 3.05) is 13.9 Å². The van der Waals surface area contributed by atoms with Crippen LogP contribution in [0.3, 0.4) is 0 Å². The van der Waals surface area contributed by atoms with Gasteiger partial charge in [-0.2, -0.15) is 0 Å². The molecule has 0 radical (unpaired) electrons. The van der Waals surface area contributed by atoms with Crippen molar-refractivity contribution in [3.63, 3.8) is 0 Å². The quantitative estimate of drug-likeness (QED) is 0.676. The van der Waals surface area contributed by atoms with E-state index in [0.717, 1.165) is 5.56 Å². The van der Waals surface area contributed by atoms with Crippen molar-refractivity contribution >= 4 is 11.6 Å². The van der Waals surface area contributed by atoms with Crippen LogP contribution >= 0.6 is 11.6 Å². The van der Waals surface area contributed by atoms with Crippen molar-refractivity contribution in [1.82, 2.24) is 0 Å². The van der Waals surface area contributed by atoms with Crippen molar-refractivity contribution in [3.8, 4) is 5.75 Å². The molecule has 0 aliphatic carbocycles. The molecule has 0 unspecified atom stereocenters. The van der Waals surface area contributed by atoms with Gasteiger partial charge >= 0.3 is 0 Å². The first-order chi connectivity index (χ1) is 5.74. The predicted molar refractivity (Wildman–Crippen MR) is 48.7 cm³/mol. The highest BCUT2D eigenvalue weighted by Crippen LogP contribution is 2.24. The van der Waals surface area contributed by atoms with Gasteiger partial charge in [0, 0.05) is 7.11 Å². The summed E-state index contributed by atoms with van der Waals surface area (Å²) in [6.07, 6.45) is 0. The number of ether oxygens (including phenoxy) is 2. The van der Waals surface area contributed by atoms with Crippen molar-refractivity contribution < 1.29 is 9.47 Å². The first kappa shape index (κ1) is 9.36. The Labute approximate surface area is 77.1 Å². The van der Waals surface area contributed by atoms with Gasteiger partial charge in [0.05, 0.1) is 5.02 Å². The van der Waals surface area contributed by atoms with Gasteiger partial charge in [0.15, 0.2) is 6.79 Å². The van der Waals surface area contributed by atoms with Crippen LogP contribution in [-0.4, -0.2) is 13.9 Å². The van der Waals surface area contributed by atoms with Crippen LogP contribution in [0.4, 0.5) is 0 Å². The van der Waals surface area contributed by atoms with Gasteiger partial charge < -0.3 is 9.47 Å². The number of rotatable bonds is 3. The molecule has 0 aliphatic heterocycles. The first-order valence-corrected chi connectivity index (χ1v) is 3.99. The molecule has 0 saturated carbocycles. The molecule has 0 aliphatic rings. The summed E-state index contributed by atoms with van der Waals surface area (Å²) < 4.78 is 9.94. The molecule has 0 saturated heterocycles. The van der Waals surface area contributed by atoms with E-state index in [0.29, 0.717) is 10.8 Å². The smallest absolute Gasteiger partial charge is 0.188 e. The lowest BCUT2D eigenvalue weighted by molar-refractivity contribution is 0.0512. The summed E-state index contributed by atoms with van der Waals surface area (Å²) in [5.41, 5.74) is 1.12. The van der Waals surface area contributed by atoms with Crippen LogP contribution in [0.5, 0.6) is 5.75 Å². The number of aryl methyl sites for hydroxylation is 1. The summed E-state index contributed by atoms with van der Waals surface area (Å²) in [7, 11) is 1.57. The van der Waals surface area contributed by atoms with Crippen LogP contribution in [0.1, 0.15) is 5.56 Å². The van der Waals surface area contributed by atoms with E-state index in [-0.39, 0.29) is 6.79 Å². The van der Waals surface area contributed by atoms with Gasteiger partial charge in [0.25, 0.3) is 0 Å². The van der Waals surface area contributed by atoms with Crippen molar-refractivity contribution in [3.05, 3.63) is 28.8 Å². The van der Waals surface area contributed by atoms with E-state index in [1.54, 1.807) is 7.11 Å². The van der Waals surface area contributed by atoms with Crippen molar-refractivity contribution in [2.24, 2.45) is 0 Å². The van der Waals surface area contributed by atoms with Gasteiger partial charge in [-0.1, -0.05) is 17.7 Å². The molecule has 0 fully saturated rings. The highest BCUT2D eigenvalue weighted by Gasteiger charge is 1.99. The number of hydrogen-bond acceptors (Lipinski definition) is 2. The average Bonchev–Trinajstić information content (AvgIpc) is 2.03. The maximum atomic E-state index is 5.88. The zero-order valence-electron chi connectivity index (χ0n) is 7.13. The van der Waals surface area contributed by atoms with Gasteiger partial charge in [-0.25, -0.2) is 0 Å². The topological polar surface area (TPSA) is 18.5 Å². The fraction of sp³-hybridized carbons (Fsp3) is 0.333. The molecule has 1 aromatic rings. The third kappa shape index (κ3) is 2.40. The molecule has 1 aromatic carbocycles. The summed E-state index contributed by atoms with van der Waals surface area (Å²) in [5.74, 6) is 0.657. The van der Waals surface area contributed by atoms with Gasteiger partial charge in [-0.05, 0) is 24.6 Å². The Balaban J connectivity index is 2.72. The standard InChI is InChI=1S/C9H11ClO2/c1-7-3-4-9(8(10)5-7)12-6-11-2/h3-5H,6H2,1-2H3. The van der Waals surface area contributed by atoms with E-state index >= 15 is 0 Å². The highest BCUT2D eigenvalue weighted by molar-refractivity contribution is 6.32. The molecule has 12 heavy (non-hydrogen) atoms. The lowest BCUT2D eigenvalue weighted by Crippen LogP contribution is -1.99. The SMILES string of the molecule is COCOc1ccc(C)cc1Cl. The van der Waals surface area contributed by atoms with Gasteiger partial charge in [0.2, 0.25) is 0 Å². The third-order valence-electron chi connectivity index (χ3n) is 1.42. The van der Waals surface area contributed by atoms with Crippen LogP contribution in [0.15, 0.2) is 18.2 Å². The van der Waals surface area contributed by atoms with Gasteiger partial charge in [-0.15, -0.1) is 0 Å². The second kappa shape index (κ2) is 4.33. The molecule has 0 heterocycles. The minimum atomic E-state index is 0.225. The molecule has 1 rings (SSSR count). The summed E-state index contributed by atoms with van der Waals surface area (Å²) in [5, 5.41) is 0.618. The highest BCUT2D eigenvalue weighted by atomic mass is 35.5. The lowest BCUT2D eigenvalue weighted by Gasteiger charge is -2.06. The Morgan fingerprint density at radius 3 is 2.75 bits per heavy atom. The van der Waals surface area contributed by atoms with Gasteiger partial charge in [0.1, 0.15) is 5.75 Å². The Hall–Kier alpha value is -0.730. The zero-order valence-corrected chi connectivity index (χ0v) is 7.89. The van der Waals surface area contributed by atoms with E-state index in [1.807, 2.05) is 25.1 Å². The number of halogens is 1. The molecule has 0 bridgehead atoms. The van der Waals surface area contributed by atoms with Crippen LogP contribution in [0.25, 0.3) is 0 Å². The molecule has 3 heteroatoms. The fourth-order valence-corrected chi connectivity index (χ4v) is 1.13. The third-order valence-corrected chi connectivity index (χ3v) is 1.72. The molecule has 0 spiro atoms. The second-order valence-electron chi connectivity index (χ2n) is 2.48. The summed E-state index contributed by atoms with van der Waals surface area (Å²) in [6, 6.07) is 5.63. The van der Waals surface area contributed by atoms with E-state index in [9.17, 15) is 0 Å². The molecule has 2 nitrogen and oxygen atoms in total. The van der Waals surface area contributed by atoms with Crippen LogP contribution in [0, 0.1) is 6.92 Å². The fourth-order valence-electron chi connectivity index (χ4n) is 0.845. The molecule has 0 amide bonds. The monoisotopic (exact) mass is 186 g/mol. The number of methoxy groups -OCH3 is 1. The Morgan fingerprint density at radius 1 is 1.42 bits per heavy atom. The zero-order chi connectivity index (χ0) is 8.97. The van der Waals surface area contributed by atoms with E-state index in [2.05, 4.69) is 0 Å². The minimum Gasteiger partial charge on any atom is -0.466 e. The Kier molecular flexibility index (Phi) is 3.38. The van der Waals surface area contributed by atoms with Crippen LogP contribution in [0.2, 0.25) is 5.02 Å². The molecule has 0 atom stereocenters. The van der Waals surface area contributed by atoms with Crippen molar-refractivity contribution in [1.29, 1.82) is 0 Å². The van der Waals surface area contributed by atoms with E-state index in [4.69, 9.17) is 21.1 Å². The normalized spacial score (nSPS) is 9.92. The molecule has 66 valence electrons. The molecule has 0 N–H and O–H groups in total. The minimum absolute atomic E-state index is 0.225. The number of benzene rings is 1. The lowest BCUT2D eigenvalue weighted by atomic mass is 10.2. The maximum Gasteiger partial charge on any atom is 0.188 e.